The standard InChI is InChI=1S/C14H20N4OS/c1-11(17-20(19)14(2,3)4)12-9-16-18(10-12)13-7-5-6-8-15-13/h5-11,17H,1-4H3/t11-,20+/m0/s1. The Bertz CT molecular complexity index is 550. The van der Waals surface area contributed by atoms with Gasteiger partial charge in [0, 0.05) is 29.3 Å². The fourth-order valence-corrected chi connectivity index (χ4v) is 2.39. The summed E-state index contributed by atoms with van der Waals surface area (Å²) in [5, 5.41) is 4.29. The number of nitrogens with zero attached hydrogens (tertiary/aromatic N) is 3. The molecule has 108 valence electrons. The van der Waals surface area contributed by atoms with Crippen LogP contribution in [0, 0.1) is 0 Å². The highest BCUT2D eigenvalue weighted by atomic mass is 32.2. The van der Waals surface area contributed by atoms with E-state index in [-0.39, 0.29) is 10.8 Å². The van der Waals surface area contributed by atoms with Crippen molar-refractivity contribution >= 4 is 11.4 Å². The molecule has 0 unspecified atom stereocenters. The summed E-state index contributed by atoms with van der Waals surface area (Å²) in [6.45, 7) is 7.81. The number of pyridine rings is 1. The smallest absolute Gasteiger partial charge is 0.153 e. The van der Waals surface area contributed by atoms with Gasteiger partial charge in [-0.3, -0.25) is 0 Å². The highest BCUT2D eigenvalue weighted by Crippen LogP contribution is 2.19. The lowest BCUT2D eigenvalue weighted by Crippen LogP contribution is -2.40. The number of nitrogens with one attached hydrogen (secondary N) is 1. The highest BCUT2D eigenvalue weighted by molar-refractivity contribution is 7.90. The average molecular weight is 292 g/mol. The van der Waals surface area contributed by atoms with Gasteiger partial charge in [-0.25, -0.2) is 9.67 Å². The fourth-order valence-electron chi connectivity index (χ4n) is 1.58. The van der Waals surface area contributed by atoms with Crippen LogP contribution in [0.2, 0.25) is 0 Å². The van der Waals surface area contributed by atoms with E-state index in [2.05, 4.69) is 14.8 Å². The molecule has 20 heavy (non-hydrogen) atoms. The highest BCUT2D eigenvalue weighted by Gasteiger charge is 2.28. The molecule has 0 saturated heterocycles. The molecule has 1 N–H and O–H groups in total. The van der Waals surface area contributed by atoms with E-state index >= 15 is 0 Å². The predicted octanol–water partition coefficient (Wildman–Crippen LogP) is 2.38. The van der Waals surface area contributed by atoms with E-state index in [1.165, 1.54) is 0 Å². The van der Waals surface area contributed by atoms with E-state index in [1.807, 2.05) is 52.1 Å². The van der Waals surface area contributed by atoms with Gasteiger partial charge in [0.05, 0.1) is 12.2 Å². The molecule has 2 rings (SSSR count). The van der Waals surface area contributed by atoms with E-state index in [9.17, 15) is 4.55 Å². The van der Waals surface area contributed by atoms with Gasteiger partial charge in [-0.2, -0.15) is 5.10 Å². The zero-order valence-corrected chi connectivity index (χ0v) is 13.0. The first kappa shape index (κ1) is 15.0. The summed E-state index contributed by atoms with van der Waals surface area (Å²) in [6.07, 6.45) is 5.40. The number of hydrogen-bond donors (Lipinski definition) is 1. The van der Waals surface area contributed by atoms with Crippen molar-refractivity contribution < 1.29 is 4.55 Å². The monoisotopic (exact) mass is 292 g/mol. The quantitative estimate of drug-likeness (QED) is 0.879. The molecule has 0 fully saturated rings. The molecule has 0 aliphatic rings. The molecule has 0 amide bonds. The van der Waals surface area contributed by atoms with E-state index in [4.69, 9.17) is 0 Å². The predicted molar refractivity (Wildman–Crippen MR) is 80.8 cm³/mol. The second-order valence-corrected chi connectivity index (χ2v) is 7.62. The van der Waals surface area contributed by atoms with Crippen LogP contribution in [-0.4, -0.2) is 24.1 Å². The van der Waals surface area contributed by atoms with Crippen LogP contribution in [-0.2, 0) is 11.4 Å². The molecule has 0 spiro atoms. The molecular weight excluding hydrogens is 272 g/mol. The molecular formula is C14H20N4OS. The first-order chi connectivity index (χ1) is 9.38. The van der Waals surface area contributed by atoms with Crippen LogP contribution in [0.4, 0.5) is 0 Å². The van der Waals surface area contributed by atoms with Crippen LogP contribution in [0.15, 0.2) is 36.8 Å². The van der Waals surface area contributed by atoms with Crippen molar-refractivity contribution in [2.45, 2.75) is 38.5 Å². The summed E-state index contributed by atoms with van der Waals surface area (Å²) in [5.41, 5.74) is 0.980. The van der Waals surface area contributed by atoms with E-state index in [1.54, 1.807) is 17.1 Å². The third-order valence-electron chi connectivity index (χ3n) is 2.83. The number of rotatable bonds is 4. The minimum atomic E-state index is -1.11. The Balaban J connectivity index is 2.09. The van der Waals surface area contributed by atoms with Gasteiger partial charge in [-0.05, 0) is 39.8 Å². The third-order valence-corrected chi connectivity index (χ3v) is 4.51. The van der Waals surface area contributed by atoms with E-state index in [0.717, 1.165) is 11.4 Å². The van der Waals surface area contributed by atoms with E-state index < -0.39 is 11.4 Å². The van der Waals surface area contributed by atoms with Gasteiger partial charge in [0.15, 0.2) is 5.82 Å². The molecule has 6 heteroatoms. The van der Waals surface area contributed by atoms with Crippen molar-refractivity contribution in [3.05, 3.63) is 42.4 Å². The minimum Gasteiger partial charge on any atom is -0.598 e. The maximum atomic E-state index is 12.1. The fraction of sp³-hybridized carbons (Fsp3) is 0.429. The zero-order chi connectivity index (χ0) is 14.8. The van der Waals surface area contributed by atoms with Gasteiger partial charge in [0.25, 0.3) is 0 Å². The van der Waals surface area contributed by atoms with Gasteiger partial charge < -0.3 is 4.55 Å². The molecule has 2 aromatic rings. The third kappa shape index (κ3) is 3.59. The first-order valence-corrected chi connectivity index (χ1v) is 7.67. The first-order valence-electron chi connectivity index (χ1n) is 6.52. The second-order valence-electron chi connectivity index (χ2n) is 5.63. The van der Waals surface area contributed by atoms with Gasteiger partial charge in [-0.15, -0.1) is 4.72 Å². The molecule has 0 aliphatic heterocycles. The molecule has 2 heterocycles. The maximum Gasteiger partial charge on any atom is 0.153 e. The normalized spacial score (nSPS) is 15.1. The molecule has 0 radical (unpaired) electrons. The summed E-state index contributed by atoms with van der Waals surface area (Å²) < 4.78 is 16.6. The SMILES string of the molecule is C[C@H](N[S@+]([O-])C(C)(C)C)c1cnn(-c2ccccn2)c1. The van der Waals surface area contributed by atoms with Gasteiger partial charge in [-0.1, -0.05) is 6.07 Å². The Morgan fingerprint density at radius 3 is 2.70 bits per heavy atom. The van der Waals surface area contributed by atoms with Crippen molar-refractivity contribution in [2.24, 2.45) is 0 Å². The Morgan fingerprint density at radius 2 is 2.10 bits per heavy atom. The molecule has 2 atom stereocenters. The van der Waals surface area contributed by atoms with Gasteiger partial charge in [0.2, 0.25) is 0 Å². The topological polar surface area (TPSA) is 65.8 Å². The summed E-state index contributed by atoms with van der Waals surface area (Å²) in [4.78, 5) is 4.24. The summed E-state index contributed by atoms with van der Waals surface area (Å²) in [5.74, 6) is 0.767. The Hall–Kier alpha value is -1.37. The Kier molecular flexibility index (Phi) is 4.47. The van der Waals surface area contributed by atoms with Crippen molar-refractivity contribution in [3.8, 4) is 5.82 Å². The van der Waals surface area contributed by atoms with Crippen molar-refractivity contribution in [1.82, 2.24) is 19.5 Å². The van der Waals surface area contributed by atoms with Crippen LogP contribution in [0.3, 0.4) is 0 Å². The maximum absolute atomic E-state index is 12.1. The van der Waals surface area contributed by atoms with Gasteiger partial charge >= 0.3 is 0 Å². The second kappa shape index (κ2) is 5.95. The zero-order valence-electron chi connectivity index (χ0n) is 12.2. The van der Waals surface area contributed by atoms with Crippen molar-refractivity contribution in [2.75, 3.05) is 0 Å². The molecule has 5 nitrogen and oxygen atoms in total. The van der Waals surface area contributed by atoms with Crippen LogP contribution < -0.4 is 4.72 Å². The average Bonchev–Trinajstić information content (AvgIpc) is 2.88. The molecule has 0 saturated carbocycles. The van der Waals surface area contributed by atoms with E-state index in [0.29, 0.717) is 0 Å². The van der Waals surface area contributed by atoms with Crippen LogP contribution in [0.1, 0.15) is 39.3 Å². The lowest BCUT2D eigenvalue weighted by atomic mass is 10.2. The summed E-state index contributed by atoms with van der Waals surface area (Å²) >= 11 is -1.11. The van der Waals surface area contributed by atoms with Crippen LogP contribution in [0.25, 0.3) is 5.82 Å². The largest absolute Gasteiger partial charge is 0.598 e. The lowest BCUT2D eigenvalue weighted by molar-refractivity contribution is 0.531. The molecule has 0 aromatic carbocycles. The summed E-state index contributed by atoms with van der Waals surface area (Å²) in [6, 6.07) is 5.64. The lowest BCUT2D eigenvalue weighted by Gasteiger charge is -2.26. The Labute approximate surface area is 122 Å². The minimum absolute atomic E-state index is 0.0347. The van der Waals surface area contributed by atoms with Crippen LogP contribution >= 0.6 is 0 Å². The number of hydrogen-bond acceptors (Lipinski definition) is 4. The van der Waals surface area contributed by atoms with Crippen LogP contribution in [0.5, 0.6) is 0 Å². The van der Waals surface area contributed by atoms with Gasteiger partial charge in [0.1, 0.15) is 4.75 Å². The molecule has 0 bridgehead atoms. The Morgan fingerprint density at radius 1 is 1.35 bits per heavy atom. The van der Waals surface area contributed by atoms with Crippen molar-refractivity contribution in [1.29, 1.82) is 0 Å². The molecule has 2 aromatic heterocycles. The number of aromatic nitrogens is 3. The summed E-state index contributed by atoms with van der Waals surface area (Å²) in [7, 11) is 0. The molecule has 0 aliphatic carbocycles. The van der Waals surface area contributed by atoms with Crippen molar-refractivity contribution in [3.63, 3.8) is 0 Å².